The van der Waals surface area contributed by atoms with E-state index >= 15 is 0 Å². The zero-order valence-corrected chi connectivity index (χ0v) is 12.3. The quantitative estimate of drug-likeness (QED) is 0.751. The molecule has 0 saturated carbocycles. The molecular weight excluding hydrogens is 252 g/mol. The summed E-state index contributed by atoms with van der Waals surface area (Å²) < 4.78 is 5.60. The molecule has 2 atom stereocenters. The van der Waals surface area contributed by atoms with Crippen molar-refractivity contribution < 1.29 is 9.84 Å². The van der Waals surface area contributed by atoms with Crippen LogP contribution in [0.3, 0.4) is 0 Å². The van der Waals surface area contributed by atoms with Gasteiger partial charge in [0.25, 0.3) is 0 Å². The van der Waals surface area contributed by atoms with E-state index in [0.29, 0.717) is 25.8 Å². The Kier molecular flexibility index (Phi) is 6.47. The van der Waals surface area contributed by atoms with Gasteiger partial charge in [0.1, 0.15) is 0 Å². The third-order valence-corrected chi connectivity index (χ3v) is 3.82. The lowest BCUT2D eigenvalue weighted by Crippen LogP contribution is -2.42. The van der Waals surface area contributed by atoms with Crippen LogP contribution in [0.1, 0.15) is 18.9 Å². The summed E-state index contributed by atoms with van der Waals surface area (Å²) in [5.41, 5.74) is 1.15. The normalized spacial score (nSPS) is 20.4. The highest BCUT2D eigenvalue weighted by Gasteiger charge is 2.22. The van der Waals surface area contributed by atoms with E-state index in [2.05, 4.69) is 17.1 Å². The second-order valence-corrected chi connectivity index (χ2v) is 5.39. The molecule has 0 aliphatic carbocycles. The molecule has 0 radical (unpaired) electrons. The molecule has 112 valence electrons. The van der Waals surface area contributed by atoms with Crippen LogP contribution in [0.5, 0.6) is 0 Å². The highest BCUT2D eigenvalue weighted by Crippen LogP contribution is 2.09. The number of ether oxygens (including phenoxy) is 1. The van der Waals surface area contributed by atoms with Crippen molar-refractivity contribution in [1.29, 1.82) is 0 Å². The van der Waals surface area contributed by atoms with E-state index in [0.717, 1.165) is 25.2 Å². The molecular formula is C16H26N2O2. The standard InChI is InChI=1S/C16H26N2O2/c1-2-18(15-8-9-17-10-15)11-16(19)13-20-12-14-6-4-3-5-7-14/h3-7,15-17,19H,2,8-13H2,1H3. The van der Waals surface area contributed by atoms with Gasteiger partial charge in [-0.25, -0.2) is 0 Å². The SMILES string of the molecule is CCN(CC(O)COCc1ccccc1)C1CCNC1. The fraction of sp³-hybridized carbons (Fsp3) is 0.625. The maximum absolute atomic E-state index is 10.1. The number of benzene rings is 1. The first kappa shape index (κ1) is 15.4. The van der Waals surface area contributed by atoms with Gasteiger partial charge in [0.05, 0.1) is 19.3 Å². The molecule has 0 spiro atoms. The lowest BCUT2D eigenvalue weighted by molar-refractivity contribution is 0.00472. The Labute approximate surface area is 121 Å². The molecule has 1 aromatic rings. The summed E-state index contributed by atoms with van der Waals surface area (Å²) in [5.74, 6) is 0. The average Bonchev–Trinajstić information content (AvgIpc) is 3.00. The van der Waals surface area contributed by atoms with Crippen LogP contribution in [0.2, 0.25) is 0 Å². The fourth-order valence-corrected chi connectivity index (χ4v) is 2.70. The van der Waals surface area contributed by atoms with Crippen LogP contribution in [0, 0.1) is 0 Å². The maximum atomic E-state index is 10.1. The topological polar surface area (TPSA) is 44.7 Å². The summed E-state index contributed by atoms with van der Waals surface area (Å²) in [4.78, 5) is 2.34. The first-order valence-electron chi connectivity index (χ1n) is 7.54. The Hall–Kier alpha value is -0.940. The molecule has 4 heteroatoms. The largest absolute Gasteiger partial charge is 0.389 e. The average molecular weight is 278 g/mol. The van der Waals surface area contributed by atoms with Gasteiger partial charge in [0.2, 0.25) is 0 Å². The van der Waals surface area contributed by atoms with Crippen LogP contribution in [0.25, 0.3) is 0 Å². The highest BCUT2D eigenvalue weighted by atomic mass is 16.5. The van der Waals surface area contributed by atoms with Crippen LogP contribution in [-0.4, -0.2) is 54.9 Å². The minimum Gasteiger partial charge on any atom is -0.389 e. The molecule has 0 aromatic heterocycles. The number of aliphatic hydroxyl groups excluding tert-OH is 1. The van der Waals surface area contributed by atoms with E-state index in [1.54, 1.807) is 0 Å². The van der Waals surface area contributed by atoms with Gasteiger partial charge in [-0.1, -0.05) is 37.3 Å². The number of nitrogens with zero attached hydrogens (tertiary/aromatic N) is 1. The highest BCUT2D eigenvalue weighted by molar-refractivity contribution is 5.13. The number of hydrogen-bond donors (Lipinski definition) is 2. The minimum atomic E-state index is -0.417. The molecule has 2 rings (SSSR count). The molecule has 2 unspecified atom stereocenters. The van der Waals surface area contributed by atoms with E-state index in [9.17, 15) is 5.11 Å². The van der Waals surface area contributed by atoms with Gasteiger partial charge in [0.15, 0.2) is 0 Å². The Morgan fingerprint density at radius 1 is 1.40 bits per heavy atom. The predicted octanol–water partition coefficient (Wildman–Crippen LogP) is 1.25. The van der Waals surface area contributed by atoms with Crippen molar-refractivity contribution in [2.45, 2.75) is 32.1 Å². The molecule has 0 bridgehead atoms. The molecule has 1 aromatic carbocycles. The molecule has 2 N–H and O–H groups in total. The number of rotatable bonds is 8. The van der Waals surface area contributed by atoms with Crippen molar-refractivity contribution in [3.8, 4) is 0 Å². The zero-order chi connectivity index (χ0) is 14.2. The molecule has 4 nitrogen and oxygen atoms in total. The van der Waals surface area contributed by atoms with Gasteiger partial charge < -0.3 is 15.2 Å². The number of hydrogen-bond acceptors (Lipinski definition) is 4. The van der Waals surface area contributed by atoms with E-state index < -0.39 is 6.10 Å². The van der Waals surface area contributed by atoms with Crippen LogP contribution in [0.15, 0.2) is 30.3 Å². The maximum Gasteiger partial charge on any atom is 0.0900 e. The third kappa shape index (κ3) is 4.87. The van der Waals surface area contributed by atoms with Gasteiger partial charge in [-0.15, -0.1) is 0 Å². The lowest BCUT2D eigenvalue weighted by atomic mass is 10.2. The molecule has 1 aliphatic rings. The third-order valence-electron chi connectivity index (χ3n) is 3.82. The van der Waals surface area contributed by atoms with Crippen LogP contribution in [-0.2, 0) is 11.3 Å². The number of aliphatic hydroxyl groups is 1. The van der Waals surface area contributed by atoms with E-state index in [4.69, 9.17) is 4.74 Å². The first-order valence-corrected chi connectivity index (χ1v) is 7.54. The van der Waals surface area contributed by atoms with E-state index in [-0.39, 0.29) is 0 Å². The Bertz CT molecular complexity index is 366. The van der Waals surface area contributed by atoms with Gasteiger partial charge in [-0.3, -0.25) is 4.90 Å². The lowest BCUT2D eigenvalue weighted by Gasteiger charge is -2.28. The van der Waals surface area contributed by atoms with Crippen molar-refractivity contribution in [1.82, 2.24) is 10.2 Å². The summed E-state index contributed by atoms with van der Waals surface area (Å²) in [7, 11) is 0. The minimum absolute atomic E-state index is 0.394. The van der Waals surface area contributed by atoms with Gasteiger partial charge in [-0.05, 0) is 25.1 Å². The van der Waals surface area contributed by atoms with Crippen LogP contribution in [0.4, 0.5) is 0 Å². The Morgan fingerprint density at radius 2 is 2.20 bits per heavy atom. The molecule has 0 amide bonds. The predicted molar refractivity (Wildman–Crippen MR) is 80.6 cm³/mol. The molecule has 1 heterocycles. The Balaban J connectivity index is 1.67. The fourth-order valence-electron chi connectivity index (χ4n) is 2.70. The van der Waals surface area contributed by atoms with E-state index in [1.807, 2.05) is 30.3 Å². The van der Waals surface area contributed by atoms with Crippen molar-refractivity contribution >= 4 is 0 Å². The van der Waals surface area contributed by atoms with Crippen LogP contribution < -0.4 is 5.32 Å². The van der Waals surface area contributed by atoms with Crippen molar-refractivity contribution in [3.05, 3.63) is 35.9 Å². The van der Waals surface area contributed by atoms with E-state index in [1.165, 1.54) is 6.42 Å². The monoisotopic (exact) mass is 278 g/mol. The van der Waals surface area contributed by atoms with Gasteiger partial charge in [-0.2, -0.15) is 0 Å². The summed E-state index contributed by atoms with van der Waals surface area (Å²) in [6.07, 6.45) is 0.755. The Morgan fingerprint density at radius 3 is 2.85 bits per heavy atom. The smallest absolute Gasteiger partial charge is 0.0900 e. The summed E-state index contributed by atoms with van der Waals surface area (Å²) in [6, 6.07) is 10.6. The van der Waals surface area contributed by atoms with Gasteiger partial charge >= 0.3 is 0 Å². The number of nitrogens with one attached hydrogen (secondary N) is 1. The van der Waals surface area contributed by atoms with Crippen molar-refractivity contribution in [2.24, 2.45) is 0 Å². The molecule has 20 heavy (non-hydrogen) atoms. The summed E-state index contributed by atoms with van der Waals surface area (Å²) in [6.45, 7) is 6.89. The number of likely N-dealkylation sites (N-methyl/N-ethyl adjacent to an activating group) is 1. The molecule has 1 fully saturated rings. The van der Waals surface area contributed by atoms with Crippen molar-refractivity contribution in [2.75, 3.05) is 32.8 Å². The van der Waals surface area contributed by atoms with Gasteiger partial charge in [0, 0.05) is 19.1 Å². The second-order valence-electron chi connectivity index (χ2n) is 5.39. The summed E-state index contributed by atoms with van der Waals surface area (Å²) >= 11 is 0. The molecule has 1 aliphatic heterocycles. The first-order chi connectivity index (χ1) is 9.79. The second kappa shape index (κ2) is 8.37. The van der Waals surface area contributed by atoms with Crippen molar-refractivity contribution in [3.63, 3.8) is 0 Å². The van der Waals surface area contributed by atoms with Crippen LogP contribution >= 0.6 is 0 Å². The zero-order valence-electron chi connectivity index (χ0n) is 12.3. The summed E-state index contributed by atoms with van der Waals surface area (Å²) in [5, 5.41) is 13.5. The molecule has 1 saturated heterocycles.